The number of esters is 1. The van der Waals surface area contributed by atoms with Gasteiger partial charge in [0.25, 0.3) is 5.91 Å². The highest BCUT2D eigenvalue weighted by Gasteiger charge is 2.26. The normalized spacial score (nSPS) is 11.2. The first-order valence-electron chi connectivity index (χ1n) is 8.49. The quantitative estimate of drug-likeness (QED) is 0.730. The minimum Gasteiger partial charge on any atom is -0.497 e. The maximum Gasteiger partial charge on any atom is 0.321 e. The van der Waals surface area contributed by atoms with E-state index < -0.39 is 24.0 Å². The number of urea groups is 1. The molecule has 0 aliphatic rings. The Hall–Kier alpha value is -3.35. The third-order valence-electron chi connectivity index (χ3n) is 3.65. The molecule has 0 aliphatic heterocycles. The first-order chi connectivity index (χ1) is 13.0. The molecule has 3 amide bonds. The molecule has 27 heavy (non-hydrogen) atoms. The van der Waals surface area contributed by atoms with Crippen LogP contribution in [0.25, 0.3) is 0 Å². The molecule has 0 heterocycles. The van der Waals surface area contributed by atoms with Crippen molar-refractivity contribution in [2.45, 2.75) is 19.4 Å². The van der Waals surface area contributed by atoms with Gasteiger partial charge in [0.2, 0.25) is 6.10 Å². The molecule has 2 N–H and O–H groups in total. The minimum absolute atomic E-state index is 0.0328. The molecule has 7 nitrogen and oxygen atoms in total. The Morgan fingerprint density at radius 2 is 1.78 bits per heavy atom. The highest BCUT2D eigenvalue weighted by Crippen LogP contribution is 2.19. The van der Waals surface area contributed by atoms with Crippen molar-refractivity contribution < 1.29 is 23.9 Å². The van der Waals surface area contributed by atoms with Crippen molar-refractivity contribution in [3.63, 3.8) is 0 Å². The summed E-state index contributed by atoms with van der Waals surface area (Å²) in [6.07, 6.45) is -1.26. The summed E-state index contributed by atoms with van der Waals surface area (Å²) in [4.78, 5) is 36.5. The van der Waals surface area contributed by atoms with Crippen molar-refractivity contribution in [1.82, 2.24) is 10.6 Å². The van der Waals surface area contributed by atoms with E-state index in [-0.39, 0.29) is 6.42 Å². The molecule has 1 atom stereocenters. The van der Waals surface area contributed by atoms with Crippen molar-refractivity contribution in [3.05, 3.63) is 65.7 Å². The zero-order valence-corrected chi connectivity index (χ0v) is 15.2. The Morgan fingerprint density at radius 3 is 2.44 bits per heavy atom. The Balaban J connectivity index is 2.12. The molecule has 0 spiro atoms. The van der Waals surface area contributed by atoms with Gasteiger partial charge in [0.05, 0.1) is 13.5 Å². The SMILES string of the molecule is CCNC(=O)NC(=O)[C@H](OC(=O)Cc1cccc(OC)c1)c1ccccc1. The van der Waals surface area contributed by atoms with Gasteiger partial charge in [-0.15, -0.1) is 0 Å². The molecular weight excluding hydrogens is 348 g/mol. The lowest BCUT2D eigenvalue weighted by Gasteiger charge is -2.18. The van der Waals surface area contributed by atoms with Gasteiger partial charge < -0.3 is 14.8 Å². The molecule has 0 saturated carbocycles. The molecule has 0 radical (unpaired) electrons. The summed E-state index contributed by atoms with van der Waals surface area (Å²) in [7, 11) is 1.54. The van der Waals surface area contributed by atoms with E-state index in [0.717, 1.165) is 0 Å². The highest BCUT2D eigenvalue weighted by atomic mass is 16.5. The minimum atomic E-state index is -1.23. The smallest absolute Gasteiger partial charge is 0.321 e. The zero-order valence-electron chi connectivity index (χ0n) is 15.2. The van der Waals surface area contributed by atoms with E-state index in [2.05, 4.69) is 10.6 Å². The summed E-state index contributed by atoms with van der Waals surface area (Å²) in [5.74, 6) is -0.691. The van der Waals surface area contributed by atoms with Crippen LogP contribution in [0.1, 0.15) is 24.2 Å². The maximum absolute atomic E-state index is 12.4. The molecule has 7 heteroatoms. The molecule has 2 rings (SSSR count). The Labute approximate surface area is 157 Å². The number of rotatable bonds is 7. The van der Waals surface area contributed by atoms with Gasteiger partial charge in [-0.3, -0.25) is 14.9 Å². The predicted molar refractivity (Wildman–Crippen MR) is 99.2 cm³/mol. The second-order valence-corrected chi connectivity index (χ2v) is 5.66. The van der Waals surface area contributed by atoms with E-state index >= 15 is 0 Å². The van der Waals surface area contributed by atoms with Crippen LogP contribution < -0.4 is 15.4 Å². The van der Waals surface area contributed by atoms with Gasteiger partial charge in [0, 0.05) is 12.1 Å². The first kappa shape index (κ1) is 20.0. The lowest BCUT2D eigenvalue weighted by molar-refractivity contribution is -0.155. The Kier molecular flexibility index (Phi) is 7.37. The fourth-order valence-corrected chi connectivity index (χ4v) is 2.41. The van der Waals surface area contributed by atoms with Gasteiger partial charge in [-0.25, -0.2) is 4.79 Å². The Morgan fingerprint density at radius 1 is 1.04 bits per heavy atom. The number of nitrogens with one attached hydrogen (secondary N) is 2. The van der Waals surface area contributed by atoms with Crippen LogP contribution >= 0.6 is 0 Å². The molecule has 2 aromatic carbocycles. The zero-order chi connectivity index (χ0) is 19.6. The van der Waals surface area contributed by atoms with Crippen LogP contribution in [0.4, 0.5) is 4.79 Å². The largest absolute Gasteiger partial charge is 0.497 e. The number of carbonyl (C=O) groups excluding carboxylic acids is 3. The summed E-state index contributed by atoms with van der Waals surface area (Å²) in [6, 6.07) is 14.9. The molecule has 142 valence electrons. The van der Waals surface area contributed by atoms with Gasteiger partial charge in [-0.2, -0.15) is 0 Å². The van der Waals surface area contributed by atoms with Gasteiger partial charge in [-0.1, -0.05) is 42.5 Å². The van der Waals surface area contributed by atoms with Gasteiger partial charge in [-0.05, 0) is 24.6 Å². The summed E-state index contributed by atoms with van der Waals surface area (Å²) in [5.41, 5.74) is 1.16. The van der Waals surface area contributed by atoms with Crippen molar-refractivity contribution in [1.29, 1.82) is 0 Å². The summed E-state index contributed by atoms with van der Waals surface area (Å²) >= 11 is 0. The standard InChI is InChI=1S/C20H22N2O5/c1-3-21-20(25)22-19(24)18(15-9-5-4-6-10-15)27-17(23)13-14-8-7-11-16(12-14)26-2/h4-12,18H,3,13H2,1-2H3,(H2,21,22,24,25)/t18-/m1/s1. The second-order valence-electron chi connectivity index (χ2n) is 5.66. The van der Waals surface area contributed by atoms with Gasteiger partial charge >= 0.3 is 12.0 Å². The fourth-order valence-electron chi connectivity index (χ4n) is 2.41. The average molecular weight is 370 g/mol. The molecule has 0 bridgehead atoms. The van der Waals surface area contributed by atoms with Crippen molar-refractivity contribution in [3.8, 4) is 5.75 Å². The van der Waals surface area contributed by atoms with E-state index in [1.165, 1.54) is 7.11 Å². The fraction of sp³-hybridized carbons (Fsp3) is 0.250. The van der Waals surface area contributed by atoms with Crippen LogP contribution in [0.5, 0.6) is 5.75 Å². The van der Waals surface area contributed by atoms with E-state index in [4.69, 9.17) is 9.47 Å². The number of carbonyl (C=O) groups is 3. The third-order valence-corrected chi connectivity index (χ3v) is 3.65. The third kappa shape index (κ3) is 6.14. The van der Waals surface area contributed by atoms with Crippen molar-refractivity contribution in [2.24, 2.45) is 0 Å². The Bertz CT molecular complexity index is 792. The molecule has 0 fully saturated rings. The number of hydrogen-bond acceptors (Lipinski definition) is 5. The number of methoxy groups -OCH3 is 1. The van der Waals surface area contributed by atoms with Crippen LogP contribution in [0, 0.1) is 0 Å². The van der Waals surface area contributed by atoms with E-state index in [1.807, 2.05) is 0 Å². The molecule has 0 unspecified atom stereocenters. The molecule has 0 aliphatic carbocycles. The van der Waals surface area contributed by atoms with Gasteiger partial charge in [0.15, 0.2) is 0 Å². The lowest BCUT2D eigenvalue weighted by Crippen LogP contribution is -2.42. The van der Waals surface area contributed by atoms with Gasteiger partial charge in [0.1, 0.15) is 5.75 Å². The van der Waals surface area contributed by atoms with Crippen LogP contribution in [0.2, 0.25) is 0 Å². The highest BCUT2D eigenvalue weighted by molar-refractivity contribution is 5.97. The molecule has 0 saturated heterocycles. The van der Waals surface area contributed by atoms with Crippen LogP contribution in [0.3, 0.4) is 0 Å². The molecular formula is C20H22N2O5. The van der Waals surface area contributed by atoms with Crippen LogP contribution in [0.15, 0.2) is 54.6 Å². The van der Waals surface area contributed by atoms with Crippen LogP contribution in [-0.2, 0) is 20.7 Å². The summed E-state index contributed by atoms with van der Waals surface area (Å²) < 4.78 is 10.5. The molecule has 0 aromatic heterocycles. The van der Waals surface area contributed by atoms with E-state index in [0.29, 0.717) is 23.4 Å². The lowest BCUT2D eigenvalue weighted by atomic mass is 10.1. The monoisotopic (exact) mass is 370 g/mol. The van der Waals surface area contributed by atoms with Crippen molar-refractivity contribution >= 4 is 17.9 Å². The summed E-state index contributed by atoms with van der Waals surface area (Å²) in [6.45, 7) is 2.09. The number of ether oxygens (including phenoxy) is 2. The predicted octanol–water partition coefficient (Wildman–Crippen LogP) is 2.37. The average Bonchev–Trinajstić information content (AvgIpc) is 2.67. The topological polar surface area (TPSA) is 93.7 Å². The summed E-state index contributed by atoms with van der Waals surface area (Å²) in [5, 5.41) is 4.64. The first-order valence-corrected chi connectivity index (χ1v) is 8.49. The number of benzene rings is 2. The van der Waals surface area contributed by atoms with E-state index in [1.54, 1.807) is 61.5 Å². The second kappa shape index (κ2) is 9.96. The van der Waals surface area contributed by atoms with E-state index in [9.17, 15) is 14.4 Å². The van der Waals surface area contributed by atoms with Crippen LogP contribution in [-0.4, -0.2) is 31.6 Å². The van der Waals surface area contributed by atoms with Crippen molar-refractivity contribution in [2.75, 3.05) is 13.7 Å². The number of imide groups is 1. The number of hydrogen-bond donors (Lipinski definition) is 2. The number of amides is 3. The molecule has 2 aromatic rings. The maximum atomic E-state index is 12.4.